The Kier molecular flexibility index (Phi) is 46.8. The minimum absolute atomic E-state index is 0.0969. The van der Waals surface area contributed by atoms with Crippen molar-refractivity contribution in [3.05, 3.63) is 143 Å². The first-order valence-corrected chi connectivity index (χ1v) is 45.3. The van der Waals surface area contributed by atoms with Crippen LogP contribution < -0.4 is 28.4 Å². The lowest BCUT2D eigenvalue weighted by Gasteiger charge is -2.29. The van der Waals surface area contributed by atoms with Crippen LogP contribution in [0.3, 0.4) is 0 Å². The number of ether oxygens (including phenoxy) is 12. The molecule has 0 radical (unpaired) electrons. The monoisotopic (exact) mass is 1630 g/mol. The average molecular weight is 1640 g/mol. The van der Waals surface area contributed by atoms with Crippen LogP contribution in [-0.2, 0) is 54.0 Å². The zero-order chi connectivity index (χ0) is 83.3. The van der Waals surface area contributed by atoms with Gasteiger partial charge in [-0.25, -0.2) is 14.4 Å². The molecule has 0 spiro atoms. The molecule has 1 N–H and O–H groups in total. The first-order valence-electron chi connectivity index (χ1n) is 45.3. The second kappa shape index (κ2) is 57.9. The second-order valence-corrected chi connectivity index (χ2v) is 32.4. The summed E-state index contributed by atoms with van der Waals surface area (Å²) < 4.78 is 69.7. The number of carboxylic acid groups (broad SMARTS) is 1. The molecule has 3 aliphatic rings. The van der Waals surface area contributed by atoms with Crippen LogP contribution in [0.4, 0.5) is 0 Å². The molecule has 2 aliphatic carbocycles. The Morgan fingerprint density at radius 2 is 0.788 bits per heavy atom. The maximum absolute atomic E-state index is 13.0. The van der Waals surface area contributed by atoms with Crippen LogP contribution >= 0.6 is 0 Å². The van der Waals surface area contributed by atoms with Gasteiger partial charge in [-0.1, -0.05) is 115 Å². The maximum atomic E-state index is 13.0. The van der Waals surface area contributed by atoms with Gasteiger partial charge in [0.15, 0.2) is 6.29 Å². The van der Waals surface area contributed by atoms with E-state index in [1.165, 1.54) is 114 Å². The van der Waals surface area contributed by atoms with Crippen molar-refractivity contribution in [1.29, 1.82) is 0 Å². The topological polar surface area (TPSA) is 250 Å². The minimum atomic E-state index is -1.09. The van der Waals surface area contributed by atoms with E-state index < -0.39 is 42.1 Å². The van der Waals surface area contributed by atoms with Gasteiger partial charge in [0.2, 0.25) is 0 Å². The Morgan fingerprint density at radius 3 is 1.20 bits per heavy atom. The quantitative estimate of drug-likeness (QED) is 0.0164. The van der Waals surface area contributed by atoms with Gasteiger partial charge >= 0.3 is 29.8 Å². The molecule has 5 aromatic rings. The Hall–Kier alpha value is -8.17. The SMILES string of the molecule is CCCCCC1CCC(c2ccc(OC(=O)c3ccc(OCCCCCCOC(C=O)CC(=O)OCCCCCCOc4ccc(OCCCCCCOC(=O)CC(C=O)OCCCCCCOc5ccc(C(=O)Oc6ccc(C7CCC(CCCCC)CC7)cc6)cc5)c(C(=O)O)c4CCCCCCOC4CCCCO4)cc3)cc2)CC1. The van der Waals surface area contributed by atoms with E-state index in [2.05, 4.69) is 38.1 Å². The maximum Gasteiger partial charge on any atom is 0.343 e. The molecule has 5 aromatic carbocycles. The van der Waals surface area contributed by atoms with Crippen molar-refractivity contribution in [3.8, 4) is 34.5 Å². The third-order valence-electron chi connectivity index (χ3n) is 23.1. The Bertz CT molecular complexity index is 3590. The molecule has 1 aliphatic heterocycles. The molecule has 650 valence electrons. The second-order valence-electron chi connectivity index (χ2n) is 32.4. The molecule has 20 nitrogen and oxygen atoms in total. The number of esters is 4. The van der Waals surface area contributed by atoms with Crippen LogP contribution in [0.2, 0.25) is 0 Å². The van der Waals surface area contributed by atoms with Gasteiger partial charge in [-0.15, -0.1) is 0 Å². The summed E-state index contributed by atoms with van der Waals surface area (Å²) in [6.07, 6.45) is 39.0. The Balaban J connectivity index is 0.625. The third kappa shape index (κ3) is 37.6. The van der Waals surface area contributed by atoms with Gasteiger partial charge in [0.05, 0.1) is 63.6 Å². The predicted octanol–water partition coefficient (Wildman–Crippen LogP) is 22.4. The number of rotatable bonds is 63. The normalized spacial score (nSPS) is 17.2. The number of carbonyl (C=O) groups excluding carboxylic acids is 6. The first kappa shape index (κ1) is 95.3. The highest BCUT2D eigenvalue weighted by molar-refractivity contribution is 5.94. The van der Waals surface area contributed by atoms with Crippen molar-refractivity contribution in [2.24, 2.45) is 11.8 Å². The van der Waals surface area contributed by atoms with Crippen LogP contribution in [-0.4, -0.2) is 132 Å². The number of aromatic carboxylic acids is 1. The fourth-order valence-corrected chi connectivity index (χ4v) is 16.0. The lowest BCUT2D eigenvalue weighted by molar-refractivity contribution is -0.162. The zero-order valence-electron chi connectivity index (χ0n) is 71.1. The van der Waals surface area contributed by atoms with E-state index in [-0.39, 0.29) is 43.7 Å². The number of unbranched alkanes of at least 4 members (excludes halogenated alkanes) is 19. The fourth-order valence-electron chi connectivity index (χ4n) is 16.0. The van der Waals surface area contributed by atoms with Gasteiger partial charge in [0.25, 0.3) is 0 Å². The smallest absolute Gasteiger partial charge is 0.343 e. The van der Waals surface area contributed by atoms with E-state index in [9.17, 15) is 38.7 Å². The molecule has 8 rings (SSSR count). The van der Waals surface area contributed by atoms with Gasteiger partial charge in [-0.2, -0.15) is 0 Å². The average Bonchev–Trinajstić information content (AvgIpc) is 0.805. The number of hydrogen-bond acceptors (Lipinski definition) is 19. The van der Waals surface area contributed by atoms with Crippen LogP contribution in [0.1, 0.15) is 337 Å². The molecule has 2 saturated carbocycles. The largest absolute Gasteiger partial charge is 0.494 e. The van der Waals surface area contributed by atoms with E-state index in [1.807, 2.05) is 24.3 Å². The summed E-state index contributed by atoms with van der Waals surface area (Å²) in [6.45, 7) is 8.63. The van der Waals surface area contributed by atoms with Gasteiger partial charge < -0.3 is 71.5 Å². The summed E-state index contributed by atoms with van der Waals surface area (Å²) in [5.74, 6) is 3.19. The number of carboxylic acids is 1. The molecule has 3 unspecified atom stereocenters. The molecule has 3 atom stereocenters. The molecule has 0 aromatic heterocycles. The van der Waals surface area contributed by atoms with E-state index in [0.717, 1.165) is 140 Å². The third-order valence-corrected chi connectivity index (χ3v) is 23.1. The van der Waals surface area contributed by atoms with Crippen molar-refractivity contribution in [2.75, 3.05) is 66.1 Å². The summed E-state index contributed by atoms with van der Waals surface area (Å²) in [7, 11) is 0. The van der Waals surface area contributed by atoms with Gasteiger partial charge in [0, 0.05) is 32.0 Å². The molecular weight excluding hydrogens is 1500 g/mol. The summed E-state index contributed by atoms with van der Waals surface area (Å²) in [4.78, 5) is 87.8. The number of hydrogen-bond donors (Lipinski definition) is 1. The summed E-state index contributed by atoms with van der Waals surface area (Å²) in [6, 6.07) is 33.5. The standard InChI is InChI=1S/C98H138O20/c1-3-5-17-31-75-35-39-77(40-36-75)79-43-55-85(56-44-79)117-97(105)81-47-51-83(52-48-81)107-61-21-9-11-23-63-109-87(73-99)71-92(101)113-67-27-15-13-25-65-111-90-59-60-91(95(96(103)104)89(90)33-19-7-8-29-69-115-94-34-20-30-70-116-94)112-66-26-14-16-28-68-114-93(102)72-88(74-100)110-64-24-12-10-22-62-108-84-53-49-82(50-54-84)98(106)118-86-57-45-80(46-58-86)78-41-37-76(38-42-78)32-18-6-4-2/h43-60,73-78,87-88,94H,3-42,61-72H2,1-2H3,(H,103,104). The van der Waals surface area contributed by atoms with Crippen LogP contribution in [0.15, 0.2) is 109 Å². The van der Waals surface area contributed by atoms with Crippen molar-refractivity contribution in [2.45, 2.75) is 314 Å². The number of carbonyl (C=O) groups is 7. The highest BCUT2D eigenvalue weighted by atomic mass is 16.7. The van der Waals surface area contributed by atoms with E-state index in [0.29, 0.717) is 148 Å². The molecule has 0 amide bonds. The van der Waals surface area contributed by atoms with Crippen LogP contribution in [0.5, 0.6) is 34.5 Å². The van der Waals surface area contributed by atoms with Crippen molar-refractivity contribution in [1.82, 2.24) is 0 Å². The first-order chi connectivity index (χ1) is 57.9. The summed E-state index contributed by atoms with van der Waals surface area (Å²) in [5, 5.41) is 10.6. The molecular formula is C98H138O20. The lowest BCUT2D eigenvalue weighted by Crippen LogP contribution is -2.22. The zero-order valence-corrected chi connectivity index (χ0v) is 71.1. The van der Waals surface area contributed by atoms with Crippen molar-refractivity contribution >= 4 is 42.4 Å². The van der Waals surface area contributed by atoms with Crippen molar-refractivity contribution in [3.63, 3.8) is 0 Å². The minimum Gasteiger partial charge on any atom is -0.494 e. The van der Waals surface area contributed by atoms with E-state index >= 15 is 0 Å². The fraction of sp³-hybridized carbons (Fsp3) is 0.622. The molecule has 20 heteroatoms. The van der Waals surface area contributed by atoms with Crippen molar-refractivity contribution < 1.29 is 95.5 Å². The van der Waals surface area contributed by atoms with E-state index in [4.69, 9.17) is 56.8 Å². The van der Waals surface area contributed by atoms with Gasteiger partial charge in [0.1, 0.15) is 64.8 Å². The Morgan fingerprint density at radius 1 is 0.398 bits per heavy atom. The summed E-state index contributed by atoms with van der Waals surface area (Å²) in [5.41, 5.74) is 4.25. The van der Waals surface area contributed by atoms with Gasteiger partial charge in [-0.3, -0.25) is 9.59 Å². The Labute approximate surface area is 703 Å². The van der Waals surface area contributed by atoms with Crippen LogP contribution in [0, 0.1) is 11.8 Å². The van der Waals surface area contributed by atoms with Gasteiger partial charge in [-0.05, 0) is 300 Å². The molecule has 0 bridgehead atoms. The molecule has 1 saturated heterocycles. The van der Waals surface area contributed by atoms with Crippen LogP contribution in [0.25, 0.3) is 0 Å². The summed E-state index contributed by atoms with van der Waals surface area (Å²) >= 11 is 0. The number of benzene rings is 5. The highest BCUT2D eigenvalue weighted by Crippen LogP contribution is 2.41. The highest BCUT2D eigenvalue weighted by Gasteiger charge is 2.27. The molecule has 1 heterocycles. The lowest BCUT2D eigenvalue weighted by atomic mass is 9.77. The molecule has 3 fully saturated rings. The predicted molar refractivity (Wildman–Crippen MR) is 457 cm³/mol. The number of aldehydes is 2. The molecule has 118 heavy (non-hydrogen) atoms. The van der Waals surface area contributed by atoms with E-state index in [1.54, 1.807) is 60.7 Å².